The Kier molecular flexibility index (Phi) is 5.25. The lowest BCUT2D eigenvalue weighted by Gasteiger charge is -2.07. The molecule has 3 aromatic carbocycles. The fraction of sp³-hybridized carbons (Fsp3) is 0.0400. The van der Waals surface area contributed by atoms with E-state index < -0.39 is 0 Å². The fourth-order valence-corrected chi connectivity index (χ4v) is 2.89. The molecule has 0 aliphatic carbocycles. The number of carbonyl (C=O) groups excluding carboxylic acids is 1. The second-order valence-corrected chi connectivity index (χ2v) is 6.42. The average molecular weight is 365 g/mol. The van der Waals surface area contributed by atoms with Crippen LogP contribution in [0.2, 0.25) is 0 Å². The van der Waals surface area contributed by atoms with Gasteiger partial charge in [-0.15, -0.1) is 0 Å². The van der Waals surface area contributed by atoms with Crippen molar-refractivity contribution in [3.05, 3.63) is 114 Å². The number of ketones is 1. The molecule has 0 fully saturated rings. The van der Waals surface area contributed by atoms with Crippen molar-refractivity contribution in [2.75, 3.05) is 0 Å². The number of hydrogen-bond donors (Lipinski definition) is 0. The lowest BCUT2D eigenvalue weighted by Crippen LogP contribution is -1.99. The van der Waals surface area contributed by atoms with Crippen LogP contribution in [0, 0.1) is 0 Å². The summed E-state index contributed by atoms with van der Waals surface area (Å²) in [6.07, 6.45) is 3.41. The van der Waals surface area contributed by atoms with E-state index in [0.29, 0.717) is 17.9 Å². The molecule has 0 N–H and O–H groups in total. The molecule has 4 rings (SSSR count). The van der Waals surface area contributed by atoms with Crippen molar-refractivity contribution in [3.63, 3.8) is 0 Å². The molecule has 1 aromatic heterocycles. The van der Waals surface area contributed by atoms with E-state index >= 15 is 0 Å². The first-order valence-electron chi connectivity index (χ1n) is 9.13. The summed E-state index contributed by atoms with van der Waals surface area (Å²) in [7, 11) is 0. The molecule has 0 spiro atoms. The van der Waals surface area contributed by atoms with Crippen LogP contribution in [0.1, 0.15) is 21.6 Å². The zero-order valence-electron chi connectivity index (χ0n) is 15.3. The number of benzene rings is 3. The van der Waals surface area contributed by atoms with E-state index in [4.69, 9.17) is 4.74 Å². The molecule has 3 nitrogen and oxygen atoms in total. The largest absolute Gasteiger partial charge is 0.487 e. The van der Waals surface area contributed by atoms with Gasteiger partial charge in [0.05, 0.1) is 11.2 Å². The number of fused-ring (bicyclic) bond motifs is 1. The Morgan fingerprint density at radius 1 is 0.821 bits per heavy atom. The van der Waals surface area contributed by atoms with Gasteiger partial charge in [-0.3, -0.25) is 4.79 Å². The Balaban J connectivity index is 1.38. The molecule has 0 unspecified atom stereocenters. The Labute approximate surface area is 163 Å². The first kappa shape index (κ1) is 17.7. The second-order valence-electron chi connectivity index (χ2n) is 6.42. The van der Waals surface area contributed by atoms with E-state index in [1.54, 1.807) is 18.2 Å². The molecule has 0 radical (unpaired) electrons. The van der Waals surface area contributed by atoms with Crippen molar-refractivity contribution in [2.24, 2.45) is 0 Å². The zero-order chi connectivity index (χ0) is 19.2. The Morgan fingerprint density at radius 2 is 1.57 bits per heavy atom. The number of hydrogen-bond acceptors (Lipinski definition) is 3. The van der Waals surface area contributed by atoms with Crippen molar-refractivity contribution in [1.82, 2.24) is 4.98 Å². The molecule has 136 valence electrons. The summed E-state index contributed by atoms with van der Waals surface area (Å²) in [5.41, 5.74) is 3.45. The van der Waals surface area contributed by atoms with Gasteiger partial charge in [0.1, 0.15) is 12.4 Å². The maximum absolute atomic E-state index is 12.3. The van der Waals surface area contributed by atoms with Crippen LogP contribution in [-0.4, -0.2) is 10.8 Å². The standard InChI is InChI=1S/C25H19NO2/c27-25(17-10-19-6-2-1-3-7-19)21-12-15-23(16-13-21)28-18-22-14-11-20-8-4-5-9-24(20)26-22/h1-17H,18H2/b17-10+. The first-order valence-corrected chi connectivity index (χ1v) is 9.13. The van der Waals surface area contributed by atoms with Gasteiger partial charge in [-0.05, 0) is 48.0 Å². The van der Waals surface area contributed by atoms with Crippen LogP contribution in [0.5, 0.6) is 5.75 Å². The van der Waals surface area contributed by atoms with Crippen molar-refractivity contribution in [2.45, 2.75) is 6.61 Å². The third kappa shape index (κ3) is 4.33. The molecule has 0 saturated carbocycles. The topological polar surface area (TPSA) is 39.2 Å². The lowest BCUT2D eigenvalue weighted by atomic mass is 10.1. The van der Waals surface area contributed by atoms with Gasteiger partial charge in [-0.25, -0.2) is 4.98 Å². The monoisotopic (exact) mass is 365 g/mol. The molecule has 28 heavy (non-hydrogen) atoms. The quantitative estimate of drug-likeness (QED) is 0.324. The highest BCUT2D eigenvalue weighted by Crippen LogP contribution is 2.17. The Morgan fingerprint density at radius 3 is 2.39 bits per heavy atom. The summed E-state index contributed by atoms with van der Waals surface area (Å²) in [6.45, 7) is 0.381. The summed E-state index contributed by atoms with van der Waals surface area (Å²) in [4.78, 5) is 16.9. The van der Waals surface area contributed by atoms with Gasteiger partial charge in [0, 0.05) is 10.9 Å². The van der Waals surface area contributed by atoms with Crippen molar-refractivity contribution < 1.29 is 9.53 Å². The smallest absolute Gasteiger partial charge is 0.185 e. The molecule has 0 atom stereocenters. The van der Waals surface area contributed by atoms with E-state index in [0.717, 1.165) is 22.2 Å². The number of pyridine rings is 1. The minimum Gasteiger partial charge on any atom is -0.487 e. The predicted octanol–water partition coefficient (Wildman–Crippen LogP) is 5.71. The number of carbonyl (C=O) groups is 1. The van der Waals surface area contributed by atoms with Gasteiger partial charge in [0.2, 0.25) is 0 Å². The maximum atomic E-state index is 12.3. The zero-order valence-corrected chi connectivity index (χ0v) is 15.3. The van der Waals surface area contributed by atoms with E-state index in [2.05, 4.69) is 4.98 Å². The average Bonchev–Trinajstić information content (AvgIpc) is 2.77. The van der Waals surface area contributed by atoms with Crippen LogP contribution in [0.15, 0.2) is 97.1 Å². The van der Waals surface area contributed by atoms with Crippen LogP contribution in [0.3, 0.4) is 0 Å². The van der Waals surface area contributed by atoms with Crippen LogP contribution in [-0.2, 0) is 6.61 Å². The molecule has 1 heterocycles. The molecular formula is C25H19NO2. The third-order valence-electron chi connectivity index (χ3n) is 4.41. The molecule has 0 saturated heterocycles. The molecule has 0 aliphatic heterocycles. The van der Waals surface area contributed by atoms with E-state index in [-0.39, 0.29) is 5.78 Å². The second kappa shape index (κ2) is 8.31. The maximum Gasteiger partial charge on any atom is 0.185 e. The SMILES string of the molecule is O=C(/C=C/c1ccccc1)c1ccc(OCc2ccc3ccccc3n2)cc1. The minimum atomic E-state index is -0.0356. The lowest BCUT2D eigenvalue weighted by molar-refractivity contribution is 0.104. The molecule has 4 aromatic rings. The Hall–Kier alpha value is -3.72. The first-order chi connectivity index (χ1) is 13.8. The number of rotatable bonds is 6. The summed E-state index contributed by atoms with van der Waals surface area (Å²) in [6, 6.07) is 28.9. The highest BCUT2D eigenvalue weighted by molar-refractivity contribution is 6.06. The normalized spacial score (nSPS) is 11.0. The number of allylic oxidation sites excluding steroid dienone is 1. The highest BCUT2D eigenvalue weighted by atomic mass is 16.5. The van der Waals surface area contributed by atoms with Crippen LogP contribution in [0.25, 0.3) is 17.0 Å². The van der Waals surface area contributed by atoms with Crippen LogP contribution in [0.4, 0.5) is 0 Å². The van der Waals surface area contributed by atoms with E-state index in [1.165, 1.54) is 0 Å². The molecule has 0 bridgehead atoms. The van der Waals surface area contributed by atoms with Crippen LogP contribution < -0.4 is 4.74 Å². The van der Waals surface area contributed by atoms with Crippen molar-refractivity contribution in [3.8, 4) is 5.75 Å². The molecular weight excluding hydrogens is 346 g/mol. The summed E-state index contributed by atoms with van der Waals surface area (Å²) >= 11 is 0. The highest BCUT2D eigenvalue weighted by Gasteiger charge is 2.04. The van der Waals surface area contributed by atoms with Crippen LogP contribution >= 0.6 is 0 Å². The van der Waals surface area contributed by atoms with Gasteiger partial charge in [-0.1, -0.05) is 60.7 Å². The summed E-state index contributed by atoms with van der Waals surface area (Å²) in [5.74, 6) is 0.671. The summed E-state index contributed by atoms with van der Waals surface area (Å²) < 4.78 is 5.81. The molecule has 0 amide bonds. The fourth-order valence-electron chi connectivity index (χ4n) is 2.89. The molecule has 3 heteroatoms. The van der Waals surface area contributed by atoms with Gasteiger partial charge < -0.3 is 4.74 Å². The number of aromatic nitrogens is 1. The van der Waals surface area contributed by atoms with Gasteiger partial charge in [0.15, 0.2) is 5.78 Å². The number of para-hydroxylation sites is 1. The molecule has 0 aliphatic rings. The van der Waals surface area contributed by atoms with Gasteiger partial charge in [0.25, 0.3) is 0 Å². The number of ether oxygens (including phenoxy) is 1. The van der Waals surface area contributed by atoms with Crippen molar-refractivity contribution >= 4 is 22.8 Å². The number of nitrogens with zero attached hydrogens (tertiary/aromatic N) is 1. The van der Waals surface area contributed by atoms with Gasteiger partial charge in [-0.2, -0.15) is 0 Å². The predicted molar refractivity (Wildman–Crippen MR) is 112 cm³/mol. The van der Waals surface area contributed by atoms with E-state index in [9.17, 15) is 4.79 Å². The summed E-state index contributed by atoms with van der Waals surface area (Å²) in [5, 5.41) is 1.11. The van der Waals surface area contributed by atoms with Crippen molar-refractivity contribution in [1.29, 1.82) is 0 Å². The van der Waals surface area contributed by atoms with E-state index in [1.807, 2.05) is 84.9 Å². The third-order valence-corrected chi connectivity index (χ3v) is 4.41. The van der Waals surface area contributed by atoms with Gasteiger partial charge >= 0.3 is 0 Å². The Bertz CT molecular complexity index is 1120. The minimum absolute atomic E-state index is 0.0356.